The molecule has 1 heterocycles. The van der Waals surface area contributed by atoms with Gasteiger partial charge in [0.2, 0.25) is 5.91 Å². The number of hydrogen-bond donors (Lipinski definition) is 1. The normalized spacial score (nSPS) is 15.0. The van der Waals surface area contributed by atoms with Crippen molar-refractivity contribution < 1.29 is 19.1 Å². The van der Waals surface area contributed by atoms with Gasteiger partial charge in [0, 0.05) is 31.6 Å². The van der Waals surface area contributed by atoms with Crippen LogP contribution in [-0.2, 0) is 14.3 Å². The molecule has 0 aromatic heterocycles. The van der Waals surface area contributed by atoms with E-state index >= 15 is 0 Å². The number of benzene rings is 1. The van der Waals surface area contributed by atoms with Crippen molar-refractivity contribution in [2.45, 2.75) is 25.7 Å². The number of methoxy groups -OCH3 is 1. The molecule has 0 unspecified atom stereocenters. The Hall–Kier alpha value is -2.37. The molecule has 2 rings (SSSR count). The number of esters is 1. The fourth-order valence-corrected chi connectivity index (χ4v) is 2.82. The van der Waals surface area contributed by atoms with Gasteiger partial charge in [0.1, 0.15) is 0 Å². The van der Waals surface area contributed by atoms with Crippen LogP contribution in [0.3, 0.4) is 0 Å². The number of ether oxygens (including phenoxy) is 1. The number of rotatable bonds is 6. The predicted octanol–water partition coefficient (Wildman–Crippen LogP) is 1.61. The van der Waals surface area contributed by atoms with Gasteiger partial charge in [-0.05, 0) is 31.4 Å². The van der Waals surface area contributed by atoms with Crippen molar-refractivity contribution in [1.29, 1.82) is 0 Å². The molecule has 0 aliphatic carbocycles. The van der Waals surface area contributed by atoms with Crippen molar-refractivity contribution >= 4 is 17.8 Å². The Bertz CT molecular complexity index is 566. The van der Waals surface area contributed by atoms with Gasteiger partial charge in [-0.1, -0.05) is 18.2 Å². The van der Waals surface area contributed by atoms with Crippen molar-refractivity contribution in [1.82, 2.24) is 10.2 Å². The maximum atomic E-state index is 12.2. The van der Waals surface area contributed by atoms with Gasteiger partial charge in [-0.25, -0.2) is 0 Å². The summed E-state index contributed by atoms with van der Waals surface area (Å²) in [4.78, 5) is 37.3. The number of hydrogen-bond acceptors (Lipinski definition) is 4. The lowest BCUT2D eigenvalue weighted by Crippen LogP contribution is -2.40. The molecule has 0 spiro atoms. The molecule has 1 aromatic carbocycles. The average Bonchev–Trinajstić information content (AvgIpc) is 2.65. The highest BCUT2D eigenvalue weighted by atomic mass is 16.5. The number of piperidine rings is 1. The number of nitrogens with zero attached hydrogens (tertiary/aromatic N) is 1. The minimum absolute atomic E-state index is 0.0762. The summed E-state index contributed by atoms with van der Waals surface area (Å²) in [5.74, 6) is -0.329. The largest absolute Gasteiger partial charge is 0.469 e. The summed E-state index contributed by atoms with van der Waals surface area (Å²) in [7, 11) is 1.39. The zero-order chi connectivity index (χ0) is 17.4. The molecule has 1 fully saturated rings. The van der Waals surface area contributed by atoms with E-state index in [9.17, 15) is 14.4 Å². The summed E-state index contributed by atoms with van der Waals surface area (Å²) in [6.07, 6.45) is 2.32. The van der Waals surface area contributed by atoms with Crippen LogP contribution in [0.2, 0.25) is 0 Å². The molecule has 130 valence electrons. The minimum atomic E-state index is -0.189. The number of carbonyl (C=O) groups excluding carboxylic acids is 3. The van der Waals surface area contributed by atoms with Gasteiger partial charge in [0.25, 0.3) is 5.91 Å². The van der Waals surface area contributed by atoms with E-state index in [-0.39, 0.29) is 23.7 Å². The number of likely N-dealkylation sites (tertiary alicyclic amines) is 1. The molecule has 1 saturated heterocycles. The Labute approximate surface area is 142 Å². The Morgan fingerprint density at radius 1 is 1.17 bits per heavy atom. The van der Waals surface area contributed by atoms with E-state index in [4.69, 9.17) is 4.74 Å². The lowest BCUT2D eigenvalue weighted by atomic mass is 9.97. The molecule has 0 bridgehead atoms. The molecule has 6 nitrogen and oxygen atoms in total. The van der Waals surface area contributed by atoms with Crippen LogP contribution in [0, 0.1) is 5.92 Å². The van der Waals surface area contributed by atoms with E-state index in [1.54, 1.807) is 17.0 Å². The third-order valence-electron chi connectivity index (χ3n) is 4.27. The number of carbonyl (C=O) groups is 3. The van der Waals surface area contributed by atoms with Crippen LogP contribution in [-0.4, -0.2) is 49.4 Å². The van der Waals surface area contributed by atoms with Crippen LogP contribution in [0.4, 0.5) is 0 Å². The Morgan fingerprint density at radius 2 is 1.83 bits per heavy atom. The van der Waals surface area contributed by atoms with Gasteiger partial charge in [0.05, 0.1) is 13.0 Å². The van der Waals surface area contributed by atoms with Crippen LogP contribution in [0.25, 0.3) is 0 Å². The molecular formula is C18H24N2O4. The molecule has 0 saturated carbocycles. The fourth-order valence-electron chi connectivity index (χ4n) is 2.82. The van der Waals surface area contributed by atoms with Crippen molar-refractivity contribution in [3.05, 3.63) is 35.9 Å². The summed E-state index contributed by atoms with van der Waals surface area (Å²) in [6, 6.07) is 9.00. The second-order valence-corrected chi connectivity index (χ2v) is 5.90. The second kappa shape index (κ2) is 9.05. The van der Waals surface area contributed by atoms with Gasteiger partial charge in [0.15, 0.2) is 0 Å². The fraction of sp³-hybridized carbons (Fsp3) is 0.500. The number of amides is 2. The van der Waals surface area contributed by atoms with Gasteiger partial charge in [-0.15, -0.1) is 0 Å². The topological polar surface area (TPSA) is 75.7 Å². The summed E-state index contributed by atoms with van der Waals surface area (Å²) in [5, 5.41) is 2.82. The Balaban J connectivity index is 1.64. The maximum absolute atomic E-state index is 12.2. The van der Waals surface area contributed by atoms with E-state index in [0.717, 1.165) is 0 Å². The summed E-state index contributed by atoms with van der Waals surface area (Å²) < 4.78 is 4.74. The molecule has 1 N–H and O–H groups in total. The van der Waals surface area contributed by atoms with Gasteiger partial charge >= 0.3 is 5.97 Å². The molecule has 1 aliphatic heterocycles. The van der Waals surface area contributed by atoms with Crippen molar-refractivity contribution in [2.24, 2.45) is 5.92 Å². The SMILES string of the molecule is COC(=O)C1CCN(C(=O)CCCNC(=O)c2ccccc2)CC1. The van der Waals surface area contributed by atoms with Gasteiger partial charge in [-0.3, -0.25) is 14.4 Å². The summed E-state index contributed by atoms with van der Waals surface area (Å²) >= 11 is 0. The molecule has 0 radical (unpaired) electrons. The standard InChI is InChI=1S/C18H24N2O4/c1-24-18(23)15-9-12-20(13-10-15)16(21)8-5-11-19-17(22)14-6-3-2-4-7-14/h2-4,6-7,15H,5,8-13H2,1H3,(H,19,22). The molecule has 24 heavy (non-hydrogen) atoms. The molecular weight excluding hydrogens is 308 g/mol. The van der Waals surface area contributed by atoms with Crippen LogP contribution >= 0.6 is 0 Å². The quantitative estimate of drug-likeness (QED) is 0.634. The monoisotopic (exact) mass is 332 g/mol. The van der Waals surface area contributed by atoms with Gasteiger partial charge < -0.3 is 15.0 Å². The van der Waals surface area contributed by atoms with E-state index in [1.165, 1.54) is 7.11 Å². The second-order valence-electron chi connectivity index (χ2n) is 5.90. The molecule has 1 aliphatic rings. The lowest BCUT2D eigenvalue weighted by molar-refractivity contribution is -0.148. The molecule has 0 atom stereocenters. The van der Waals surface area contributed by atoms with Gasteiger partial charge in [-0.2, -0.15) is 0 Å². The first-order valence-electron chi connectivity index (χ1n) is 8.30. The smallest absolute Gasteiger partial charge is 0.308 e. The molecule has 2 amide bonds. The van der Waals surface area contributed by atoms with Crippen LogP contribution < -0.4 is 5.32 Å². The van der Waals surface area contributed by atoms with Crippen molar-refractivity contribution in [3.63, 3.8) is 0 Å². The lowest BCUT2D eigenvalue weighted by Gasteiger charge is -2.30. The Kier molecular flexibility index (Phi) is 6.78. The predicted molar refractivity (Wildman–Crippen MR) is 89.3 cm³/mol. The first-order valence-corrected chi connectivity index (χ1v) is 8.30. The van der Waals surface area contributed by atoms with E-state index < -0.39 is 0 Å². The van der Waals surface area contributed by atoms with Crippen LogP contribution in [0.5, 0.6) is 0 Å². The van der Waals surface area contributed by atoms with Crippen LogP contribution in [0.1, 0.15) is 36.0 Å². The van der Waals surface area contributed by atoms with E-state index in [2.05, 4.69) is 5.32 Å². The minimum Gasteiger partial charge on any atom is -0.469 e. The summed E-state index contributed by atoms with van der Waals surface area (Å²) in [5.41, 5.74) is 0.619. The molecule has 1 aromatic rings. The van der Waals surface area contributed by atoms with Crippen molar-refractivity contribution in [3.8, 4) is 0 Å². The average molecular weight is 332 g/mol. The Morgan fingerprint density at radius 3 is 2.46 bits per heavy atom. The first-order chi connectivity index (χ1) is 11.6. The van der Waals surface area contributed by atoms with Crippen molar-refractivity contribution in [2.75, 3.05) is 26.7 Å². The van der Waals surface area contributed by atoms with E-state index in [0.29, 0.717) is 50.9 Å². The highest BCUT2D eigenvalue weighted by molar-refractivity contribution is 5.94. The highest BCUT2D eigenvalue weighted by Gasteiger charge is 2.27. The first kappa shape index (κ1) is 18.0. The summed E-state index contributed by atoms with van der Waals surface area (Å²) in [6.45, 7) is 1.65. The molecule has 6 heteroatoms. The third kappa shape index (κ3) is 5.08. The highest BCUT2D eigenvalue weighted by Crippen LogP contribution is 2.19. The third-order valence-corrected chi connectivity index (χ3v) is 4.27. The van der Waals surface area contributed by atoms with E-state index in [1.807, 2.05) is 18.2 Å². The zero-order valence-corrected chi connectivity index (χ0v) is 14.0. The van der Waals surface area contributed by atoms with Crippen LogP contribution in [0.15, 0.2) is 30.3 Å². The number of nitrogens with one attached hydrogen (secondary N) is 1. The zero-order valence-electron chi connectivity index (χ0n) is 14.0. The maximum Gasteiger partial charge on any atom is 0.308 e.